The molecule has 2 aromatic carbocycles. The van der Waals surface area contributed by atoms with E-state index in [1.165, 1.54) is 11.8 Å². The largest absolute Gasteiger partial charge is 0.496 e. The maximum Gasteiger partial charge on any atom is 0.299 e. The van der Waals surface area contributed by atoms with Gasteiger partial charge in [0, 0.05) is 5.56 Å². The van der Waals surface area contributed by atoms with Crippen LogP contribution in [0.25, 0.3) is 0 Å². The number of nitrogens with one attached hydrogen (secondary N) is 1. The number of H-pyrrole nitrogens is 1. The van der Waals surface area contributed by atoms with Crippen LogP contribution in [-0.4, -0.2) is 28.2 Å². The Balaban J connectivity index is 1.78. The van der Waals surface area contributed by atoms with Gasteiger partial charge in [0.1, 0.15) is 18.1 Å². The van der Waals surface area contributed by atoms with Gasteiger partial charge in [-0.25, -0.2) is 13.9 Å². The highest BCUT2D eigenvalue weighted by molar-refractivity contribution is 7.71. The third-order valence-corrected chi connectivity index (χ3v) is 4.88. The average Bonchev–Trinajstić information content (AvgIpc) is 3.11. The number of nitrogens with zero attached hydrogens (tertiary/aromatic N) is 3. The molecule has 0 aliphatic heterocycles. The van der Waals surface area contributed by atoms with Crippen molar-refractivity contribution in [3.05, 3.63) is 69.8 Å². The molecule has 0 spiro atoms. The normalized spacial score (nSPS) is 12.0. The summed E-state index contributed by atoms with van der Waals surface area (Å²) in [6.07, 6.45) is -1.37. The number of aromatic amines is 1. The molecule has 0 fully saturated rings. The van der Waals surface area contributed by atoms with Gasteiger partial charge in [-0.1, -0.05) is 32.9 Å². The molecule has 0 saturated heterocycles. The molecule has 0 aliphatic rings. The number of methoxy groups -OCH3 is 1. The molecule has 3 rings (SSSR count). The Kier molecular flexibility index (Phi) is 6.84. The van der Waals surface area contributed by atoms with Crippen molar-refractivity contribution in [2.75, 3.05) is 7.11 Å². The van der Waals surface area contributed by atoms with Crippen LogP contribution in [0.4, 0.5) is 8.78 Å². The smallest absolute Gasteiger partial charge is 0.299 e. The van der Waals surface area contributed by atoms with Gasteiger partial charge >= 0.3 is 0 Å². The predicted molar refractivity (Wildman–Crippen MR) is 118 cm³/mol. The third-order valence-electron chi connectivity index (χ3n) is 4.61. The molecule has 1 aromatic heterocycles. The lowest BCUT2D eigenvalue weighted by atomic mass is 9.87. The van der Waals surface area contributed by atoms with Crippen molar-refractivity contribution in [3.8, 4) is 11.5 Å². The quantitative estimate of drug-likeness (QED) is 0.377. The summed E-state index contributed by atoms with van der Waals surface area (Å²) in [6, 6.07) is 13.3. The van der Waals surface area contributed by atoms with Crippen LogP contribution in [0, 0.1) is 4.77 Å². The monoisotopic (exact) mass is 446 g/mol. The zero-order valence-electron chi connectivity index (χ0n) is 17.7. The lowest BCUT2D eigenvalue weighted by Crippen LogP contribution is -2.10. The van der Waals surface area contributed by atoms with E-state index in [4.69, 9.17) is 21.7 Å². The zero-order chi connectivity index (χ0) is 22.6. The van der Waals surface area contributed by atoms with Crippen molar-refractivity contribution in [2.45, 2.75) is 39.2 Å². The van der Waals surface area contributed by atoms with E-state index < -0.39 is 12.2 Å². The minimum Gasteiger partial charge on any atom is -0.496 e. The summed E-state index contributed by atoms with van der Waals surface area (Å²) in [6.45, 7) is 6.73. The number of halogens is 2. The van der Waals surface area contributed by atoms with Gasteiger partial charge < -0.3 is 9.47 Å². The van der Waals surface area contributed by atoms with E-state index in [1.54, 1.807) is 19.2 Å². The highest BCUT2D eigenvalue weighted by Gasteiger charge is 2.16. The Labute approximate surface area is 184 Å². The first-order valence-electron chi connectivity index (χ1n) is 9.59. The molecular formula is C22H24F2N4O2S. The van der Waals surface area contributed by atoms with Crippen LogP contribution in [0.2, 0.25) is 0 Å². The Morgan fingerprint density at radius 1 is 1.19 bits per heavy atom. The van der Waals surface area contributed by atoms with Gasteiger partial charge in [0.25, 0.3) is 6.43 Å². The van der Waals surface area contributed by atoms with Crippen LogP contribution in [0.3, 0.4) is 0 Å². The molecule has 6 nitrogen and oxygen atoms in total. The van der Waals surface area contributed by atoms with E-state index in [2.05, 4.69) is 36.1 Å². The average molecular weight is 447 g/mol. The van der Waals surface area contributed by atoms with E-state index >= 15 is 0 Å². The molecule has 0 aliphatic carbocycles. The number of benzene rings is 2. The molecule has 0 bridgehead atoms. The minimum absolute atomic E-state index is 0.0117. The van der Waals surface area contributed by atoms with Crippen LogP contribution in [-0.2, 0) is 12.0 Å². The van der Waals surface area contributed by atoms with Crippen LogP contribution >= 0.6 is 12.2 Å². The molecule has 31 heavy (non-hydrogen) atoms. The predicted octanol–water partition coefficient (Wildman–Crippen LogP) is 5.65. The molecule has 0 amide bonds. The van der Waals surface area contributed by atoms with E-state index in [-0.39, 0.29) is 16.8 Å². The molecule has 0 radical (unpaired) electrons. The van der Waals surface area contributed by atoms with Crippen LogP contribution < -0.4 is 9.47 Å². The van der Waals surface area contributed by atoms with Crippen molar-refractivity contribution in [2.24, 2.45) is 5.10 Å². The second-order valence-corrected chi connectivity index (χ2v) is 8.27. The van der Waals surface area contributed by atoms with Crippen molar-refractivity contribution in [3.63, 3.8) is 0 Å². The summed E-state index contributed by atoms with van der Waals surface area (Å²) in [5.74, 6) is 0.842. The van der Waals surface area contributed by atoms with Gasteiger partial charge in [-0.05, 0) is 59.1 Å². The third kappa shape index (κ3) is 5.55. The van der Waals surface area contributed by atoms with Gasteiger partial charge in [0.05, 0.1) is 13.3 Å². The molecular weight excluding hydrogens is 422 g/mol. The molecule has 1 heterocycles. The second-order valence-electron chi connectivity index (χ2n) is 7.88. The van der Waals surface area contributed by atoms with Crippen LogP contribution in [0.1, 0.15) is 49.7 Å². The fourth-order valence-electron chi connectivity index (χ4n) is 2.88. The Hall–Kier alpha value is -3.07. The summed E-state index contributed by atoms with van der Waals surface area (Å²) in [7, 11) is 1.57. The molecule has 0 atom stereocenters. The summed E-state index contributed by atoms with van der Waals surface area (Å²) in [5, 5.41) is 9.85. The number of aromatic nitrogens is 3. The summed E-state index contributed by atoms with van der Waals surface area (Å²) < 4.78 is 38.3. The lowest BCUT2D eigenvalue weighted by molar-refractivity contribution is 0.136. The SMILES string of the molecule is COc1ccc(C=Nn2c(C(F)F)n[nH]c2=S)cc1COc1ccc(C(C)(C)C)cc1. The highest BCUT2D eigenvalue weighted by Crippen LogP contribution is 2.26. The van der Waals surface area contributed by atoms with E-state index in [1.807, 2.05) is 30.3 Å². The number of rotatable bonds is 7. The fourth-order valence-corrected chi connectivity index (χ4v) is 3.07. The van der Waals surface area contributed by atoms with Crippen LogP contribution in [0.5, 0.6) is 11.5 Å². The topological polar surface area (TPSA) is 64.4 Å². The van der Waals surface area contributed by atoms with Gasteiger partial charge in [-0.15, -0.1) is 0 Å². The van der Waals surface area contributed by atoms with Gasteiger partial charge in [0.2, 0.25) is 10.6 Å². The van der Waals surface area contributed by atoms with E-state index in [0.717, 1.165) is 16.0 Å². The van der Waals surface area contributed by atoms with E-state index in [9.17, 15) is 8.78 Å². The highest BCUT2D eigenvalue weighted by atomic mass is 32.1. The summed E-state index contributed by atoms with van der Waals surface area (Å²) in [4.78, 5) is 0. The molecule has 3 aromatic rings. The Bertz CT molecular complexity index is 1120. The standard InChI is InChI=1S/C22H24F2N4O2S/c1-22(2,3)16-6-8-17(9-7-16)30-13-15-11-14(5-10-18(15)29-4)12-25-28-20(19(23)24)26-27-21(28)31/h5-12,19H,13H2,1-4H3,(H,27,31). The Morgan fingerprint density at radius 3 is 2.52 bits per heavy atom. The molecule has 0 unspecified atom stereocenters. The first kappa shape index (κ1) is 22.6. The maximum absolute atomic E-state index is 13.0. The Morgan fingerprint density at radius 2 is 1.90 bits per heavy atom. The fraction of sp³-hybridized carbons (Fsp3) is 0.318. The lowest BCUT2D eigenvalue weighted by Gasteiger charge is -2.19. The van der Waals surface area contributed by atoms with Crippen LogP contribution in [0.15, 0.2) is 47.6 Å². The maximum atomic E-state index is 13.0. The number of hydrogen-bond acceptors (Lipinski definition) is 5. The van der Waals surface area contributed by atoms with Crippen molar-refractivity contribution >= 4 is 18.4 Å². The van der Waals surface area contributed by atoms with Crippen molar-refractivity contribution in [1.82, 2.24) is 14.9 Å². The number of hydrogen-bond donors (Lipinski definition) is 1. The molecule has 0 saturated carbocycles. The molecule has 1 N–H and O–H groups in total. The first-order valence-corrected chi connectivity index (χ1v) is 10.00. The molecule has 164 valence electrons. The number of alkyl halides is 2. The zero-order valence-corrected chi connectivity index (χ0v) is 18.5. The summed E-state index contributed by atoms with van der Waals surface area (Å²) in [5.41, 5.74) is 2.75. The van der Waals surface area contributed by atoms with Gasteiger partial charge in [0.15, 0.2) is 0 Å². The van der Waals surface area contributed by atoms with Gasteiger partial charge in [-0.2, -0.15) is 14.9 Å². The second kappa shape index (κ2) is 9.38. The number of ether oxygens (including phenoxy) is 2. The molecule has 9 heteroatoms. The van der Waals surface area contributed by atoms with Gasteiger partial charge in [-0.3, -0.25) is 0 Å². The van der Waals surface area contributed by atoms with Crippen molar-refractivity contribution < 1.29 is 18.3 Å². The first-order chi connectivity index (χ1) is 14.7. The minimum atomic E-state index is -2.80. The summed E-state index contributed by atoms with van der Waals surface area (Å²) >= 11 is 4.96. The van der Waals surface area contributed by atoms with Crippen molar-refractivity contribution in [1.29, 1.82) is 0 Å². The van der Waals surface area contributed by atoms with E-state index in [0.29, 0.717) is 11.3 Å².